The van der Waals surface area contributed by atoms with Gasteiger partial charge < -0.3 is 14.8 Å². The number of likely N-dealkylation sites (N-methyl/N-ethyl adjacent to an activating group) is 1. The van der Waals surface area contributed by atoms with E-state index in [9.17, 15) is 0 Å². The zero-order chi connectivity index (χ0) is 12.7. The van der Waals surface area contributed by atoms with Crippen molar-refractivity contribution in [2.45, 2.75) is 26.8 Å². The molecule has 0 saturated heterocycles. The van der Waals surface area contributed by atoms with Crippen molar-refractivity contribution in [3.63, 3.8) is 0 Å². The third-order valence-corrected chi connectivity index (χ3v) is 3.25. The number of rotatable bonds is 8. The molecule has 17 heavy (non-hydrogen) atoms. The maximum Gasteiger partial charge on any atom is 0.128 e. The molecule has 0 fully saturated rings. The second-order valence-corrected chi connectivity index (χ2v) is 4.55. The van der Waals surface area contributed by atoms with Gasteiger partial charge in [0.05, 0.1) is 12.7 Å². The quantitative estimate of drug-likeness (QED) is 0.723. The topological polar surface area (TPSA) is 33.1 Å². The molecule has 0 radical (unpaired) electrons. The van der Waals surface area contributed by atoms with Crippen LogP contribution in [0.15, 0.2) is 6.20 Å². The summed E-state index contributed by atoms with van der Waals surface area (Å²) in [7, 11) is 1.93. The number of imidazole rings is 1. The van der Waals surface area contributed by atoms with Gasteiger partial charge in [-0.05, 0) is 19.5 Å². The summed E-state index contributed by atoms with van der Waals surface area (Å²) < 4.78 is 1.90. The van der Waals surface area contributed by atoms with E-state index in [1.54, 1.807) is 6.20 Å². The number of nitrogens with one attached hydrogen (secondary N) is 1. The van der Waals surface area contributed by atoms with Gasteiger partial charge >= 0.3 is 0 Å². The number of aromatic nitrogens is 2. The van der Waals surface area contributed by atoms with Crippen LogP contribution in [-0.4, -0.2) is 40.6 Å². The van der Waals surface area contributed by atoms with Gasteiger partial charge in [0.25, 0.3) is 0 Å². The molecule has 0 aliphatic carbocycles. The van der Waals surface area contributed by atoms with Crippen LogP contribution in [0.1, 0.15) is 26.1 Å². The molecule has 1 rings (SSSR count). The van der Waals surface area contributed by atoms with Gasteiger partial charge in [-0.3, -0.25) is 0 Å². The monoisotopic (exact) mass is 258 g/mol. The number of halogens is 1. The Balaban J connectivity index is 2.22. The first-order chi connectivity index (χ1) is 8.19. The lowest BCUT2D eigenvalue weighted by molar-refractivity contribution is 0.287. The molecule has 0 amide bonds. The molecule has 1 aromatic rings. The Morgan fingerprint density at radius 3 is 2.71 bits per heavy atom. The number of hydrogen-bond acceptors (Lipinski definition) is 3. The Labute approximate surface area is 109 Å². The van der Waals surface area contributed by atoms with Crippen LogP contribution in [-0.2, 0) is 13.6 Å². The van der Waals surface area contributed by atoms with Gasteiger partial charge in [-0.25, -0.2) is 4.98 Å². The fraction of sp³-hybridized carbons (Fsp3) is 0.750. The molecule has 0 saturated carbocycles. The molecule has 5 heteroatoms. The van der Waals surface area contributed by atoms with Crippen LogP contribution >= 0.6 is 11.6 Å². The van der Waals surface area contributed by atoms with Gasteiger partial charge in [0.2, 0.25) is 0 Å². The van der Waals surface area contributed by atoms with E-state index in [0.29, 0.717) is 5.15 Å². The van der Waals surface area contributed by atoms with Gasteiger partial charge in [0, 0.05) is 20.1 Å². The standard InChI is InChI=1S/C12H23ClN4/c1-4-7-17(5-2)8-6-14-10-12-15-9-11(13)16(12)3/h9,14H,4-8,10H2,1-3H3. The summed E-state index contributed by atoms with van der Waals surface area (Å²) in [5.41, 5.74) is 0. The highest BCUT2D eigenvalue weighted by molar-refractivity contribution is 6.29. The van der Waals surface area contributed by atoms with Crippen LogP contribution in [0.3, 0.4) is 0 Å². The van der Waals surface area contributed by atoms with Crippen molar-refractivity contribution in [2.24, 2.45) is 7.05 Å². The smallest absolute Gasteiger partial charge is 0.128 e. The second kappa shape index (κ2) is 7.69. The lowest BCUT2D eigenvalue weighted by Crippen LogP contribution is -2.32. The molecule has 4 nitrogen and oxygen atoms in total. The summed E-state index contributed by atoms with van der Waals surface area (Å²) in [6, 6.07) is 0. The lowest BCUT2D eigenvalue weighted by atomic mass is 10.4. The summed E-state index contributed by atoms with van der Waals surface area (Å²) in [5, 5.41) is 4.08. The molecule has 0 unspecified atom stereocenters. The van der Waals surface area contributed by atoms with Crippen LogP contribution in [0, 0.1) is 0 Å². The van der Waals surface area contributed by atoms with Crippen molar-refractivity contribution in [1.29, 1.82) is 0 Å². The van der Waals surface area contributed by atoms with Gasteiger partial charge in [0.1, 0.15) is 11.0 Å². The highest BCUT2D eigenvalue weighted by Crippen LogP contribution is 2.08. The summed E-state index contributed by atoms with van der Waals surface area (Å²) in [6.07, 6.45) is 2.90. The molecule has 0 aromatic carbocycles. The molecule has 0 aliphatic heterocycles. The summed E-state index contributed by atoms with van der Waals surface area (Å²) in [4.78, 5) is 6.69. The Bertz CT molecular complexity index is 324. The minimum Gasteiger partial charge on any atom is -0.321 e. The van der Waals surface area contributed by atoms with E-state index in [-0.39, 0.29) is 0 Å². The highest BCUT2D eigenvalue weighted by Gasteiger charge is 2.04. The largest absolute Gasteiger partial charge is 0.321 e. The minimum absolute atomic E-state index is 0.683. The molecular formula is C12H23ClN4. The van der Waals surface area contributed by atoms with E-state index < -0.39 is 0 Å². The maximum atomic E-state index is 5.92. The van der Waals surface area contributed by atoms with Gasteiger partial charge in [-0.1, -0.05) is 25.4 Å². The molecule has 1 N–H and O–H groups in total. The molecule has 0 atom stereocenters. The molecule has 98 valence electrons. The predicted molar refractivity (Wildman–Crippen MR) is 72.3 cm³/mol. The second-order valence-electron chi connectivity index (χ2n) is 4.17. The highest BCUT2D eigenvalue weighted by atomic mass is 35.5. The van der Waals surface area contributed by atoms with Crippen LogP contribution in [0.5, 0.6) is 0 Å². The zero-order valence-corrected chi connectivity index (χ0v) is 11.8. The average molecular weight is 259 g/mol. The number of nitrogens with zero attached hydrogens (tertiary/aromatic N) is 3. The molecule has 1 aromatic heterocycles. The fourth-order valence-corrected chi connectivity index (χ4v) is 1.92. The maximum absolute atomic E-state index is 5.92. The predicted octanol–water partition coefficient (Wildman–Crippen LogP) is 1.89. The van der Waals surface area contributed by atoms with Crippen molar-refractivity contribution in [2.75, 3.05) is 26.2 Å². The molecular weight excluding hydrogens is 236 g/mol. The van der Waals surface area contributed by atoms with Crippen LogP contribution in [0.4, 0.5) is 0 Å². The van der Waals surface area contributed by atoms with Gasteiger partial charge in [-0.2, -0.15) is 0 Å². The first-order valence-electron chi connectivity index (χ1n) is 6.28. The normalized spacial score (nSPS) is 11.4. The summed E-state index contributed by atoms with van der Waals surface area (Å²) in [6.45, 7) is 9.55. The van der Waals surface area contributed by atoms with E-state index in [2.05, 4.69) is 29.0 Å². The molecule has 0 spiro atoms. The lowest BCUT2D eigenvalue weighted by Gasteiger charge is -2.19. The average Bonchev–Trinajstić information content (AvgIpc) is 2.64. The first kappa shape index (κ1) is 14.5. The minimum atomic E-state index is 0.683. The van der Waals surface area contributed by atoms with E-state index in [4.69, 9.17) is 11.6 Å². The summed E-state index contributed by atoms with van der Waals surface area (Å²) in [5.74, 6) is 0.980. The Morgan fingerprint density at radius 2 is 2.18 bits per heavy atom. The molecule has 0 aliphatic rings. The third kappa shape index (κ3) is 4.66. The Hall–Kier alpha value is -0.580. The van der Waals surface area contributed by atoms with Crippen molar-refractivity contribution in [3.8, 4) is 0 Å². The zero-order valence-electron chi connectivity index (χ0n) is 11.0. The van der Waals surface area contributed by atoms with Crippen LogP contribution in [0.25, 0.3) is 0 Å². The molecule has 1 heterocycles. The fourth-order valence-electron chi connectivity index (χ4n) is 1.77. The van der Waals surface area contributed by atoms with Crippen molar-refractivity contribution >= 4 is 11.6 Å². The van der Waals surface area contributed by atoms with Crippen molar-refractivity contribution < 1.29 is 0 Å². The van der Waals surface area contributed by atoms with E-state index >= 15 is 0 Å². The third-order valence-electron chi connectivity index (χ3n) is 2.90. The summed E-state index contributed by atoms with van der Waals surface area (Å²) >= 11 is 5.92. The Morgan fingerprint density at radius 1 is 1.41 bits per heavy atom. The molecule has 0 bridgehead atoms. The van der Waals surface area contributed by atoms with E-state index in [1.807, 2.05) is 11.6 Å². The van der Waals surface area contributed by atoms with Crippen molar-refractivity contribution in [1.82, 2.24) is 19.8 Å². The van der Waals surface area contributed by atoms with Crippen LogP contribution in [0.2, 0.25) is 5.15 Å². The van der Waals surface area contributed by atoms with Gasteiger partial charge in [-0.15, -0.1) is 0 Å². The van der Waals surface area contributed by atoms with E-state index in [0.717, 1.165) is 32.0 Å². The van der Waals surface area contributed by atoms with Gasteiger partial charge in [0.15, 0.2) is 0 Å². The van der Waals surface area contributed by atoms with Crippen molar-refractivity contribution in [3.05, 3.63) is 17.2 Å². The first-order valence-corrected chi connectivity index (χ1v) is 6.66. The number of hydrogen-bond donors (Lipinski definition) is 1. The van der Waals surface area contributed by atoms with Crippen LogP contribution < -0.4 is 5.32 Å². The Kier molecular flexibility index (Phi) is 6.55. The van der Waals surface area contributed by atoms with E-state index in [1.165, 1.54) is 13.0 Å². The SMILES string of the molecule is CCCN(CC)CCNCc1ncc(Cl)n1C.